The highest BCUT2D eigenvalue weighted by Crippen LogP contribution is 2.26. The summed E-state index contributed by atoms with van der Waals surface area (Å²) in [5.74, 6) is 0.0485. The van der Waals surface area contributed by atoms with Crippen LogP contribution in [0, 0.1) is 11.3 Å². The van der Waals surface area contributed by atoms with Gasteiger partial charge >= 0.3 is 0 Å². The summed E-state index contributed by atoms with van der Waals surface area (Å²) in [5, 5.41) is 13.2. The number of benzene rings is 2. The van der Waals surface area contributed by atoms with E-state index in [1.807, 2.05) is 41.3 Å². The van der Waals surface area contributed by atoms with Crippen LogP contribution in [-0.4, -0.2) is 55.7 Å². The van der Waals surface area contributed by atoms with Crippen LogP contribution in [0.2, 0.25) is 5.02 Å². The van der Waals surface area contributed by atoms with Gasteiger partial charge in [-0.15, -0.1) is 0 Å². The van der Waals surface area contributed by atoms with Gasteiger partial charge < -0.3 is 19.9 Å². The summed E-state index contributed by atoms with van der Waals surface area (Å²) in [6.07, 6.45) is 3.68. The van der Waals surface area contributed by atoms with Gasteiger partial charge in [0.1, 0.15) is 13.3 Å². The first-order valence-electron chi connectivity index (χ1n) is 11.8. The number of nitrogens with zero attached hydrogens (tertiary/aromatic N) is 3. The zero-order valence-corrected chi connectivity index (χ0v) is 19.9. The Labute approximate surface area is 205 Å². The van der Waals surface area contributed by atoms with Crippen LogP contribution in [0.4, 0.5) is 15.8 Å². The molecule has 0 unspecified atom stereocenters. The van der Waals surface area contributed by atoms with Crippen molar-refractivity contribution < 1.29 is 13.9 Å². The molecule has 0 atom stereocenters. The van der Waals surface area contributed by atoms with E-state index >= 15 is 0 Å². The van der Waals surface area contributed by atoms with Gasteiger partial charge in [0.25, 0.3) is 0 Å². The number of piperazine rings is 1. The van der Waals surface area contributed by atoms with E-state index in [0.717, 1.165) is 55.2 Å². The van der Waals surface area contributed by atoms with Crippen molar-refractivity contribution in [3.63, 3.8) is 0 Å². The lowest BCUT2D eigenvalue weighted by Gasteiger charge is -2.36. The Morgan fingerprint density at radius 2 is 1.79 bits per heavy atom. The Bertz CT molecular complexity index is 1010. The second-order valence-corrected chi connectivity index (χ2v) is 9.33. The van der Waals surface area contributed by atoms with Crippen LogP contribution >= 0.6 is 11.6 Å². The van der Waals surface area contributed by atoms with Crippen LogP contribution in [0.3, 0.4) is 0 Å². The van der Waals surface area contributed by atoms with Gasteiger partial charge in [0, 0.05) is 54.2 Å². The van der Waals surface area contributed by atoms with Crippen molar-refractivity contribution in [3.05, 3.63) is 58.6 Å². The van der Waals surface area contributed by atoms with Crippen molar-refractivity contribution in [2.24, 2.45) is 0 Å². The third-order valence-corrected chi connectivity index (χ3v) is 6.93. The first-order valence-corrected chi connectivity index (χ1v) is 12.2. The van der Waals surface area contributed by atoms with E-state index in [4.69, 9.17) is 21.6 Å². The van der Waals surface area contributed by atoms with Gasteiger partial charge in [0.05, 0.1) is 17.7 Å². The zero-order valence-electron chi connectivity index (χ0n) is 19.2. The Morgan fingerprint density at radius 3 is 2.44 bits per heavy atom. The van der Waals surface area contributed by atoms with Crippen LogP contribution in [0.1, 0.15) is 36.8 Å². The molecule has 2 fully saturated rings. The largest absolute Gasteiger partial charge is 0.382 e. The second kappa shape index (κ2) is 11.5. The summed E-state index contributed by atoms with van der Waals surface area (Å²) in [7, 11) is 0. The molecule has 6 nitrogen and oxygen atoms in total. The molecule has 8 heteroatoms. The molecule has 1 N–H and O–H groups in total. The number of hydrogen-bond donors (Lipinski definition) is 1. The first kappa shape index (κ1) is 24.3. The van der Waals surface area contributed by atoms with Gasteiger partial charge in [0.2, 0.25) is 5.91 Å². The molecule has 1 heterocycles. The van der Waals surface area contributed by atoms with Gasteiger partial charge in [-0.2, -0.15) is 5.26 Å². The topological polar surface area (TPSA) is 68.6 Å². The predicted octanol–water partition coefficient (Wildman–Crippen LogP) is 4.77. The lowest BCUT2D eigenvalue weighted by molar-refractivity contribution is -0.139. The fourth-order valence-corrected chi connectivity index (χ4v) is 4.79. The van der Waals surface area contributed by atoms with Crippen molar-refractivity contribution in [1.29, 1.82) is 5.26 Å². The van der Waals surface area contributed by atoms with Crippen LogP contribution in [-0.2, 0) is 16.2 Å². The first-order chi connectivity index (χ1) is 16.6. The van der Waals surface area contributed by atoms with Crippen molar-refractivity contribution in [2.45, 2.75) is 44.5 Å². The maximum atomic E-state index is 13.1. The molecule has 0 radical (unpaired) electrons. The molecule has 2 aromatic rings. The van der Waals surface area contributed by atoms with Crippen molar-refractivity contribution in [3.8, 4) is 6.07 Å². The molecule has 1 aliphatic heterocycles. The molecule has 1 aliphatic carbocycles. The van der Waals surface area contributed by atoms with E-state index in [1.165, 1.54) is 0 Å². The minimum Gasteiger partial charge on any atom is -0.382 e. The number of ether oxygens (including phenoxy) is 1. The number of amides is 1. The van der Waals surface area contributed by atoms with Gasteiger partial charge in [-0.25, -0.2) is 4.39 Å². The summed E-state index contributed by atoms with van der Waals surface area (Å²) in [5.41, 5.74) is 2.75. The van der Waals surface area contributed by atoms with Crippen molar-refractivity contribution in [1.82, 2.24) is 4.90 Å². The number of alkyl halides is 1. The average molecular weight is 485 g/mol. The van der Waals surface area contributed by atoms with Gasteiger partial charge in [-0.05, 0) is 68.1 Å². The smallest absolute Gasteiger partial charge is 0.248 e. The summed E-state index contributed by atoms with van der Waals surface area (Å²) >= 11 is 5.97. The van der Waals surface area contributed by atoms with E-state index in [-0.39, 0.29) is 24.7 Å². The van der Waals surface area contributed by atoms with Crippen molar-refractivity contribution >= 4 is 28.9 Å². The Morgan fingerprint density at radius 1 is 1.09 bits per heavy atom. The predicted molar refractivity (Wildman–Crippen MR) is 132 cm³/mol. The fraction of sp³-hybridized carbons (Fsp3) is 0.462. The number of nitriles is 1. The summed E-state index contributed by atoms with van der Waals surface area (Å²) in [6.45, 7) is 2.44. The molecule has 180 valence electrons. The van der Waals surface area contributed by atoms with Crippen LogP contribution in [0.5, 0.6) is 0 Å². The monoisotopic (exact) mass is 484 g/mol. The van der Waals surface area contributed by atoms with Gasteiger partial charge in [0.15, 0.2) is 0 Å². The SMILES string of the molecule is N#Cc1ccc(NC2CCC(OCC(=O)N3CCN(c4ccc(Cl)cc4)CC3)CC2)cc1CF. The third-order valence-electron chi connectivity index (χ3n) is 6.68. The van der Waals surface area contributed by atoms with Crippen LogP contribution in [0.25, 0.3) is 0 Å². The third kappa shape index (κ3) is 6.19. The molecule has 34 heavy (non-hydrogen) atoms. The summed E-state index contributed by atoms with van der Waals surface area (Å²) < 4.78 is 19.1. The number of carbonyl (C=O) groups is 1. The van der Waals surface area contributed by atoms with E-state index < -0.39 is 6.67 Å². The molecule has 1 amide bonds. The Kier molecular flexibility index (Phi) is 8.25. The minimum atomic E-state index is -0.650. The van der Waals surface area contributed by atoms with Gasteiger partial charge in [-0.3, -0.25) is 4.79 Å². The number of rotatable bonds is 7. The quantitative estimate of drug-likeness (QED) is 0.613. The molecule has 1 saturated heterocycles. The molecular weight excluding hydrogens is 455 g/mol. The second-order valence-electron chi connectivity index (χ2n) is 8.89. The lowest BCUT2D eigenvalue weighted by Crippen LogP contribution is -2.50. The van der Waals surface area contributed by atoms with Crippen molar-refractivity contribution in [2.75, 3.05) is 43.0 Å². The molecule has 0 aromatic heterocycles. The zero-order chi connectivity index (χ0) is 23.9. The molecule has 2 aliphatic rings. The number of halogens is 2. The molecule has 2 aromatic carbocycles. The van der Waals surface area contributed by atoms with E-state index in [0.29, 0.717) is 24.2 Å². The highest BCUT2D eigenvalue weighted by molar-refractivity contribution is 6.30. The standard InChI is InChI=1S/C26H30ClFN4O2/c27-21-2-7-24(8-3-21)31-11-13-32(14-12-31)26(33)18-34-25-9-5-22(6-10-25)30-23-4-1-19(17-29)20(15-23)16-28/h1-4,7-8,15,22,25,30H,5-6,9-14,16,18H2. The molecular formula is C26H30ClFN4O2. The molecule has 1 saturated carbocycles. The molecule has 0 spiro atoms. The molecule has 0 bridgehead atoms. The van der Waals surface area contributed by atoms with Gasteiger partial charge in [-0.1, -0.05) is 11.6 Å². The normalized spacial score (nSPS) is 20.6. The maximum Gasteiger partial charge on any atom is 0.248 e. The summed E-state index contributed by atoms with van der Waals surface area (Å²) in [6, 6.07) is 15.3. The number of carbonyl (C=O) groups excluding carboxylic acids is 1. The van der Waals surface area contributed by atoms with E-state index in [9.17, 15) is 9.18 Å². The highest BCUT2D eigenvalue weighted by atomic mass is 35.5. The summed E-state index contributed by atoms with van der Waals surface area (Å²) in [4.78, 5) is 16.8. The molecule has 4 rings (SSSR count). The lowest BCUT2D eigenvalue weighted by atomic mass is 9.92. The van der Waals surface area contributed by atoms with E-state index in [1.54, 1.807) is 12.1 Å². The van der Waals surface area contributed by atoms with Crippen LogP contribution in [0.15, 0.2) is 42.5 Å². The Hall–Kier alpha value is -2.82. The number of anilines is 2. The average Bonchev–Trinajstić information content (AvgIpc) is 2.88. The Balaban J connectivity index is 1.16. The van der Waals surface area contributed by atoms with E-state index in [2.05, 4.69) is 10.2 Å². The maximum absolute atomic E-state index is 13.1. The highest BCUT2D eigenvalue weighted by Gasteiger charge is 2.25. The number of hydrogen-bond acceptors (Lipinski definition) is 5. The van der Waals surface area contributed by atoms with Crippen LogP contribution < -0.4 is 10.2 Å². The number of nitrogens with one attached hydrogen (secondary N) is 1. The minimum absolute atomic E-state index is 0.0485. The fourth-order valence-electron chi connectivity index (χ4n) is 4.66.